The standard InChI is InChI=1S/C25H29ClN4O4S/c1-17-20(26)7-4-8-21(17)28-23(31)16-22-24(32)30(10-9-29-11-13-34-14-12-29)25(35-22)27-18-5-3-6-19(15-18)33-2/h3-8,15,22H,9-14,16H2,1-2H3,(H,28,31)/t22-/m0/s1. The van der Waals surface area contributed by atoms with Gasteiger partial charge in [-0.3, -0.25) is 19.4 Å². The molecule has 0 saturated carbocycles. The second kappa shape index (κ2) is 11.9. The first kappa shape index (κ1) is 25.5. The Labute approximate surface area is 214 Å². The molecular formula is C25H29ClN4O4S. The van der Waals surface area contributed by atoms with E-state index in [1.54, 1.807) is 30.2 Å². The highest BCUT2D eigenvalue weighted by Crippen LogP contribution is 2.33. The SMILES string of the molecule is COc1cccc(N=C2S[C@@H](CC(=O)Nc3cccc(Cl)c3C)C(=O)N2CCN2CCOCC2)c1. The third-order valence-corrected chi connectivity index (χ3v) is 7.54. The van der Waals surface area contributed by atoms with Crippen molar-refractivity contribution in [1.82, 2.24) is 9.80 Å². The number of rotatable bonds is 8. The van der Waals surface area contributed by atoms with Crippen molar-refractivity contribution < 1.29 is 19.1 Å². The Balaban J connectivity index is 1.49. The number of halogens is 1. The fourth-order valence-corrected chi connectivity index (χ4v) is 5.26. The number of hydrogen-bond donors (Lipinski definition) is 1. The van der Waals surface area contributed by atoms with E-state index in [9.17, 15) is 9.59 Å². The fourth-order valence-electron chi connectivity index (χ4n) is 3.90. The minimum absolute atomic E-state index is 0.0423. The third kappa shape index (κ3) is 6.55. The summed E-state index contributed by atoms with van der Waals surface area (Å²) in [6, 6.07) is 12.7. The number of hydrogen-bond acceptors (Lipinski definition) is 7. The first-order valence-electron chi connectivity index (χ1n) is 11.5. The molecule has 0 aliphatic carbocycles. The first-order valence-corrected chi connectivity index (χ1v) is 12.8. The van der Waals surface area contributed by atoms with Crippen LogP contribution in [0.4, 0.5) is 11.4 Å². The Morgan fingerprint density at radius 3 is 2.77 bits per heavy atom. The number of aliphatic imine (C=N–C) groups is 1. The summed E-state index contributed by atoms with van der Waals surface area (Å²) in [7, 11) is 1.60. The average Bonchev–Trinajstić information content (AvgIpc) is 3.14. The van der Waals surface area contributed by atoms with Crippen LogP contribution in [-0.2, 0) is 14.3 Å². The zero-order chi connectivity index (χ0) is 24.8. The number of nitrogens with one attached hydrogen (secondary N) is 1. The molecule has 0 unspecified atom stereocenters. The van der Waals surface area contributed by atoms with Crippen molar-refractivity contribution in [2.45, 2.75) is 18.6 Å². The van der Waals surface area contributed by atoms with Gasteiger partial charge in [-0.25, -0.2) is 4.99 Å². The van der Waals surface area contributed by atoms with E-state index in [1.807, 2.05) is 31.2 Å². The lowest BCUT2D eigenvalue weighted by Crippen LogP contribution is -2.43. The Morgan fingerprint density at radius 1 is 1.23 bits per heavy atom. The smallest absolute Gasteiger partial charge is 0.242 e. The fraction of sp³-hybridized carbons (Fsp3) is 0.400. The number of morpholine rings is 1. The molecule has 1 atom stereocenters. The minimum Gasteiger partial charge on any atom is -0.497 e. The van der Waals surface area contributed by atoms with E-state index in [0.29, 0.717) is 53.6 Å². The molecule has 4 rings (SSSR count). The Hall–Kier alpha value is -2.59. The summed E-state index contributed by atoms with van der Waals surface area (Å²) in [4.78, 5) is 34.9. The van der Waals surface area contributed by atoms with E-state index >= 15 is 0 Å². The molecule has 0 radical (unpaired) electrons. The summed E-state index contributed by atoms with van der Waals surface area (Å²) >= 11 is 7.50. The molecular weight excluding hydrogens is 488 g/mol. The number of methoxy groups -OCH3 is 1. The lowest BCUT2D eigenvalue weighted by atomic mass is 10.2. The first-order chi connectivity index (χ1) is 16.9. The van der Waals surface area contributed by atoms with E-state index in [4.69, 9.17) is 26.1 Å². The van der Waals surface area contributed by atoms with Crippen LogP contribution in [0.2, 0.25) is 5.02 Å². The van der Waals surface area contributed by atoms with Crippen LogP contribution in [0.5, 0.6) is 5.75 Å². The summed E-state index contributed by atoms with van der Waals surface area (Å²) in [6.45, 7) is 6.12. The van der Waals surface area contributed by atoms with Gasteiger partial charge in [0.2, 0.25) is 11.8 Å². The van der Waals surface area contributed by atoms with Crippen molar-refractivity contribution in [2.75, 3.05) is 51.8 Å². The van der Waals surface area contributed by atoms with Gasteiger partial charge in [-0.05, 0) is 36.8 Å². The predicted molar refractivity (Wildman–Crippen MR) is 140 cm³/mol. The van der Waals surface area contributed by atoms with Gasteiger partial charge in [0, 0.05) is 49.4 Å². The lowest BCUT2D eigenvalue weighted by molar-refractivity contribution is -0.128. The molecule has 2 saturated heterocycles. The molecule has 35 heavy (non-hydrogen) atoms. The van der Waals surface area contributed by atoms with Crippen molar-refractivity contribution >= 4 is 51.7 Å². The van der Waals surface area contributed by atoms with Crippen LogP contribution in [0.25, 0.3) is 0 Å². The number of ether oxygens (including phenoxy) is 2. The van der Waals surface area contributed by atoms with Crippen molar-refractivity contribution in [2.24, 2.45) is 4.99 Å². The number of anilines is 1. The Bertz CT molecular complexity index is 1110. The van der Waals surface area contributed by atoms with E-state index in [-0.39, 0.29) is 18.2 Å². The molecule has 0 aromatic heterocycles. The summed E-state index contributed by atoms with van der Waals surface area (Å²) < 4.78 is 10.7. The second-order valence-corrected chi connectivity index (χ2v) is 9.89. The third-order valence-electron chi connectivity index (χ3n) is 5.95. The van der Waals surface area contributed by atoms with Crippen LogP contribution >= 0.6 is 23.4 Å². The largest absolute Gasteiger partial charge is 0.497 e. The van der Waals surface area contributed by atoms with Crippen LogP contribution in [0.3, 0.4) is 0 Å². The van der Waals surface area contributed by atoms with Crippen LogP contribution in [0, 0.1) is 6.92 Å². The molecule has 8 nitrogen and oxygen atoms in total. The molecule has 2 aliphatic rings. The lowest BCUT2D eigenvalue weighted by Gasteiger charge is -2.28. The van der Waals surface area contributed by atoms with Gasteiger partial charge in [0.25, 0.3) is 0 Å². The highest BCUT2D eigenvalue weighted by Gasteiger charge is 2.39. The maximum atomic E-state index is 13.4. The Morgan fingerprint density at radius 2 is 2.00 bits per heavy atom. The molecule has 2 amide bonds. The zero-order valence-electron chi connectivity index (χ0n) is 19.8. The Kier molecular flexibility index (Phi) is 8.67. The molecule has 2 aromatic rings. The molecule has 1 N–H and O–H groups in total. The average molecular weight is 517 g/mol. The maximum Gasteiger partial charge on any atom is 0.242 e. The number of carbonyl (C=O) groups excluding carboxylic acids is 2. The molecule has 0 bridgehead atoms. The molecule has 2 aliphatic heterocycles. The zero-order valence-corrected chi connectivity index (χ0v) is 21.4. The van der Waals surface area contributed by atoms with Crippen molar-refractivity contribution in [3.05, 3.63) is 53.1 Å². The van der Waals surface area contributed by atoms with Crippen molar-refractivity contribution in [3.8, 4) is 5.75 Å². The van der Waals surface area contributed by atoms with Gasteiger partial charge in [-0.15, -0.1) is 0 Å². The predicted octanol–water partition coefficient (Wildman–Crippen LogP) is 3.95. The van der Waals surface area contributed by atoms with Crippen LogP contribution in [0.15, 0.2) is 47.5 Å². The normalized spacial score (nSPS) is 19.9. The molecule has 0 spiro atoms. The molecule has 186 valence electrons. The van der Waals surface area contributed by atoms with Gasteiger partial charge in [0.1, 0.15) is 11.0 Å². The summed E-state index contributed by atoms with van der Waals surface area (Å²) in [5.41, 5.74) is 2.13. The molecule has 2 fully saturated rings. The monoisotopic (exact) mass is 516 g/mol. The van der Waals surface area contributed by atoms with Crippen LogP contribution in [-0.4, -0.2) is 78.5 Å². The van der Waals surface area contributed by atoms with Gasteiger partial charge in [-0.2, -0.15) is 0 Å². The number of benzene rings is 2. The number of thioether (sulfide) groups is 1. The highest BCUT2D eigenvalue weighted by atomic mass is 35.5. The second-order valence-electron chi connectivity index (χ2n) is 8.31. The molecule has 2 aromatic carbocycles. The van der Waals surface area contributed by atoms with E-state index in [2.05, 4.69) is 10.2 Å². The van der Waals surface area contributed by atoms with E-state index in [0.717, 1.165) is 18.7 Å². The molecule has 10 heteroatoms. The maximum absolute atomic E-state index is 13.4. The van der Waals surface area contributed by atoms with Gasteiger partial charge >= 0.3 is 0 Å². The van der Waals surface area contributed by atoms with Crippen LogP contribution < -0.4 is 10.1 Å². The number of amides is 2. The van der Waals surface area contributed by atoms with Gasteiger partial charge in [0.15, 0.2) is 5.17 Å². The van der Waals surface area contributed by atoms with Crippen LogP contribution in [0.1, 0.15) is 12.0 Å². The van der Waals surface area contributed by atoms with Crippen molar-refractivity contribution in [3.63, 3.8) is 0 Å². The van der Waals surface area contributed by atoms with Gasteiger partial charge < -0.3 is 14.8 Å². The molecule has 2 heterocycles. The quantitative estimate of drug-likeness (QED) is 0.572. The minimum atomic E-state index is -0.552. The summed E-state index contributed by atoms with van der Waals surface area (Å²) in [6.07, 6.45) is 0.0423. The topological polar surface area (TPSA) is 83.5 Å². The summed E-state index contributed by atoms with van der Waals surface area (Å²) in [5, 5.41) is 3.51. The summed E-state index contributed by atoms with van der Waals surface area (Å²) in [5.74, 6) is 0.341. The number of carbonyl (C=O) groups is 2. The van der Waals surface area contributed by atoms with E-state index in [1.165, 1.54) is 11.8 Å². The van der Waals surface area contributed by atoms with Crippen molar-refractivity contribution in [1.29, 1.82) is 0 Å². The van der Waals surface area contributed by atoms with Gasteiger partial charge in [0.05, 0.1) is 26.0 Å². The highest BCUT2D eigenvalue weighted by molar-refractivity contribution is 8.15. The number of nitrogens with zero attached hydrogens (tertiary/aromatic N) is 3. The van der Waals surface area contributed by atoms with E-state index < -0.39 is 5.25 Å². The number of amidine groups is 1. The van der Waals surface area contributed by atoms with Gasteiger partial charge in [-0.1, -0.05) is 35.5 Å².